The first-order valence-corrected chi connectivity index (χ1v) is 7.99. The maximum atomic E-state index is 3.99. The van der Waals surface area contributed by atoms with Crippen LogP contribution in [-0.4, -0.2) is 27.6 Å². The summed E-state index contributed by atoms with van der Waals surface area (Å²) in [6.45, 7) is 2.09. The summed E-state index contributed by atoms with van der Waals surface area (Å²) in [7, 11) is 0. The SMILES string of the molecule is c1cn(CCCNC2CCC3CCCCC3C2)nn1. The Labute approximate surface area is 116 Å². The molecule has 2 aliphatic carbocycles. The monoisotopic (exact) mass is 262 g/mol. The van der Waals surface area contributed by atoms with Gasteiger partial charge in [-0.3, -0.25) is 4.68 Å². The number of fused-ring (bicyclic) bond motifs is 1. The van der Waals surface area contributed by atoms with E-state index >= 15 is 0 Å². The Hall–Kier alpha value is -0.900. The average Bonchev–Trinajstić information content (AvgIpc) is 2.97. The second-order valence-corrected chi connectivity index (χ2v) is 6.29. The van der Waals surface area contributed by atoms with Gasteiger partial charge in [0.05, 0.1) is 6.20 Å². The first-order chi connectivity index (χ1) is 9.42. The number of hydrogen-bond donors (Lipinski definition) is 1. The highest BCUT2D eigenvalue weighted by atomic mass is 15.4. The van der Waals surface area contributed by atoms with Gasteiger partial charge < -0.3 is 5.32 Å². The van der Waals surface area contributed by atoms with E-state index in [4.69, 9.17) is 0 Å². The van der Waals surface area contributed by atoms with Crippen molar-refractivity contribution in [3.8, 4) is 0 Å². The van der Waals surface area contributed by atoms with Crippen LogP contribution in [0.3, 0.4) is 0 Å². The topological polar surface area (TPSA) is 42.7 Å². The maximum Gasteiger partial charge on any atom is 0.0692 e. The van der Waals surface area contributed by atoms with Gasteiger partial charge in [-0.1, -0.05) is 30.9 Å². The van der Waals surface area contributed by atoms with Crippen LogP contribution in [0.5, 0.6) is 0 Å². The van der Waals surface area contributed by atoms with Gasteiger partial charge in [-0.25, -0.2) is 0 Å². The Kier molecular flexibility index (Phi) is 4.49. The third-order valence-corrected chi connectivity index (χ3v) is 5.01. The fourth-order valence-electron chi connectivity index (χ4n) is 3.96. The second kappa shape index (κ2) is 6.51. The van der Waals surface area contributed by atoms with E-state index in [0.29, 0.717) is 0 Å². The summed E-state index contributed by atoms with van der Waals surface area (Å²) in [6, 6.07) is 0.773. The van der Waals surface area contributed by atoms with Gasteiger partial charge in [0.2, 0.25) is 0 Å². The van der Waals surface area contributed by atoms with E-state index in [0.717, 1.165) is 37.4 Å². The molecule has 2 aliphatic rings. The molecule has 19 heavy (non-hydrogen) atoms. The Balaban J connectivity index is 1.34. The number of nitrogens with one attached hydrogen (secondary N) is 1. The average molecular weight is 262 g/mol. The third-order valence-electron chi connectivity index (χ3n) is 5.01. The lowest BCUT2D eigenvalue weighted by molar-refractivity contribution is 0.143. The minimum atomic E-state index is 0.773. The standard InChI is InChI=1S/C15H26N4/c1-2-5-14-12-15(7-6-13(14)4-1)16-8-3-10-19-11-9-17-18-19/h9,11,13-16H,1-8,10,12H2. The highest BCUT2D eigenvalue weighted by molar-refractivity contribution is 4.86. The molecular formula is C15H26N4. The molecule has 4 heteroatoms. The van der Waals surface area contributed by atoms with Crippen molar-refractivity contribution < 1.29 is 0 Å². The molecule has 1 aromatic heterocycles. The molecule has 2 saturated carbocycles. The number of rotatable bonds is 5. The van der Waals surface area contributed by atoms with Crippen LogP contribution < -0.4 is 5.32 Å². The first-order valence-electron chi connectivity index (χ1n) is 7.99. The fraction of sp³-hybridized carbons (Fsp3) is 0.867. The van der Waals surface area contributed by atoms with Crippen molar-refractivity contribution in [2.45, 2.75) is 64.0 Å². The molecule has 0 aromatic carbocycles. The van der Waals surface area contributed by atoms with E-state index in [1.165, 1.54) is 44.9 Å². The molecule has 1 heterocycles. The van der Waals surface area contributed by atoms with Crippen LogP contribution in [0.1, 0.15) is 51.4 Å². The van der Waals surface area contributed by atoms with E-state index in [1.54, 1.807) is 6.20 Å². The zero-order valence-electron chi connectivity index (χ0n) is 11.8. The van der Waals surface area contributed by atoms with Crippen LogP contribution in [0.2, 0.25) is 0 Å². The van der Waals surface area contributed by atoms with Crippen LogP contribution in [0.25, 0.3) is 0 Å². The van der Waals surface area contributed by atoms with Crippen molar-refractivity contribution in [2.75, 3.05) is 6.54 Å². The molecule has 0 saturated heterocycles. The highest BCUT2D eigenvalue weighted by Crippen LogP contribution is 2.40. The minimum absolute atomic E-state index is 0.773. The molecular weight excluding hydrogens is 236 g/mol. The van der Waals surface area contributed by atoms with E-state index in [9.17, 15) is 0 Å². The van der Waals surface area contributed by atoms with Crippen molar-refractivity contribution in [3.05, 3.63) is 12.4 Å². The van der Waals surface area contributed by atoms with E-state index in [-0.39, 0.29) is 0 Å². The first kappa shape index (κ1) is 13.1. The van der Waals surface area contributed by atoms with Gasteiger partial charge in [0.1, 0.15) is 0 Å². The van der Waals surface area contributed by atoms with Gasteiger partial charge in [0, 0.05) is 18.8 Å². The van der Waals surface area contributed by atoms with Gasteiger partial charge in [-0.15, -0.1) is 5.10 Å². The molecule has 0 bridgehead atoms. The zero-order chi connectivity index (χ0) is 12.9. The van der Waals surface area contributed by atoms with E-state index in [2.05, 4.69) is 15.6 Å². The lowest BCUT2D eigenvalue weighted by Crippen LogP contribution is -2.39. The smallest absolute Gasteiger partial charge is 0.0692 e. The van der Waals surface area contributed by atoms with Crippen LogP contribution in [-0.2, 0) is 6.54 Å². The molecule has 2 fully saturated rings. The maximum absolute atomic E-state index is 3.99. The third kappa shape index (κ3) is 3.56. The molecule has 1 aromatic rings. The van der Waals surface area contributed by atoms with Crippen molar-refractivity contribution >= 4 is 0 Å². The summed E-state index contributed by atoms with van der Waals surface area (Å²) < 4.78 is 1.92. The van der Waals surface area contributed by atoms with Crippen LogP contribution >= 0.6 is 0 Å². The molecule has 0 spiro atoms. The lowest BCUT2D eigenvalue weighted by atomic mass is 9.69. The number of aryl methyl sites for hydroxylation is 1. The molecule has 0 radical (unpaired) electrons. The summed E-state index contributed by atoms with van der Waals surface area (Å²) in [5.74, 6) is 2.08. The van der Waals surface area contributed by atoms with Gasteiger partial charge in [-0.05, 0) is 44.1 Å². The number of hydrogen-bond acceptors (Lipinski definition) is 3. The van der Waals surface area contributed by atoms with Gasteiger partial charge >= 0.3 is 0 Å². The van der Waals surface area contributed by atoms with Gasteiger partial charge in [0.25, 0.3) is 0 Å². The number of aromatic nitrogens is 3. The fourth-order valence-corrected chi connectivity index (χ4v) is 3.96. The summed E-state index contributed by atoms with van der Waals surface area (Å²) in [6.07, 6.45) is 15.1. The summed E-state index contributed by atoms with van der Waals surface area (Å²) in [5.41, 5.74) is 0. The summed E-state index contributed by atoms with van der Waals surface area (Å²) >= 11 is 0. The largest absolute Gasteiger partial charge is 0.314 e. The predicted octanol–water partition coefficient (Wildman–Crippen LogP) is 2.62. The van der Waals surface area contributed by atoms with E-state index < -0.39 is 0 Å². The quantitative estimate of drug-likeness (QED) is 0.830. The molecule has 1 N–H and O–H groups in total. The van der Waals surface area contributed by atoms with Gasteiger partial charge in [-0.2, -0.15) is 0 Å². The Bertz CT molecular complexity index is 362. The molecule has 3 unspecified atom stereocenters. The van der Waals surface area contributed by atoms with Crippen molar-refractivity contribution in [2.24, 2.45) is 11.8 Å². The van der Waals surface area contributed by atoms with Crippen molar-refractivity contribution in [1.29, 1.82) is 0 Å². The Morgan fingerprint density at radius 3 is 2.84 bits per heavy atom. The minimum Gasteiger partial charge on any atom is -0.314 e. The molecule has 3 rings (SSSR count). The van der Waals surface area contributed by atoms with Crippen molar-refractivity contribution in [1.82, 2.24) is 20.3 Å². The Morgan fingerprint density at radius 2 is 2.00 bits per heavy atom. The van der Waals surface area contributed by atoms with Crippen LogP contribution in [0.15, 0.2) is 12.4 Å². The molecule has 0 aliphatic heterocycles. The zero-order valence-corrected chi connectivity index (χ0v) is 11.8. The van der Waals surface area contributed by atoms with Crippen LogP contribution in [0, 0.1) is 11.8 Å². The Morgan fingerprint density at radius 1 is 1.11 bits per heavy atom. The molecule has 0 amide bonds. The van der Waals surface area contributed by atoms with E-state index in [1.807, 2.05) is 10.9 Å². The lowest BCUT2D eigenvalue weighted by Gasteiger charge is -2.39. The molecule has 3 atom stereocenters. The summed E-state index contributed by atoms with van der Waals surface area (Å²) in [5, 5.41) is 11.6. The molecule has 4 nitrogen and oxygen atoms in total. The normalized spacial score (nSPS) is 31.1. The second-order valence-electron chi connectivity index (χ2n) is 6.29. The van der Waals surface area contributed by atoms with Crippen LogP contribution in [0.4, 0.5) is 0 Å². The number of nitrogens with zero attached hydrogens (tertiary/aromatic N) is 3. The predicted molar refractivity (Wildman–Crippen MR) is 75.7 cm³/mol. The highest BCUT2D eigenvalue weighted by Gasteiger charge is 2.31. The molecule has 106 valence electrons. The van der Waals surface area contributed by atoms with Crippen molar-refractivity contribution in [3.63, 3.8) is 0 Å². The summed E-state index contributed by atoms with van der Waals surface area (Å²) in [4.78, 5) is 0. The van der Waals surface area contributed by atoms with Gasteiger partial charge in [0.15, 0.2) is 0 Å².